The maximum absolute atomic E-state index is 13.5. The van der Waals surface area contributed by atoms with Gasteiger partial charge in [0.25, 0.3) is 0 Å². The summed E-state index contributed by atoms with van der Waals surface area (Å²) in [6, 6.07) is 8.34. The predicted molar refractivity (Wildman–Crippen MR) is 149 cm³/mol. The number of aliphatic imine (C=N–C) groups is 1. The number of nitrogens with zero attached hydrogens (tertiary/aromatic N) is 2. The van der Waals surface area contributed by atoms with Crippen molar-refractivity contribution >= 4 is 33.9 Å². The van der Waals surface area contributed by atoms with Crippen LogP contribution in [0.3, 0.4) is 0 Å². The molecule has 0 fully saturated rings. The van der Waals surface area contributed by atoms with E-state index in [1.165, 1.54) is 0 Å². The summed E-state index contributed by atoms with van der Waals surface area (Å²) in [7, 11) is 2.03. The van der Waals surface area contributed by atoms with E-state index in [0.717, 1.165) is 40.8 Å². The van der Waals surface area contributed by atoms with Crippen LogP contribution in [0.15, 0.2) is 70.1 Å². The van der Waals surface area contributed by atoms with Gasteiger partial charge in [-0.05, 0) is 75.8 Å². The fourth-order valence-corrected chi connectivity index (χ4v) is 3.96. The van der Waals surface area contributed by atoms with Gasteiger partial charge in [-0.1, -0.05) is 39.8 Å². The van der Waals surface area contributed by atoms with E-state index in [4.69, 9.17) is 4.99 Å². The molecule has 1 aromatic heterocycles. The lowest BCUT2D eigenvalue weighted by Crippen LogP contribution is -2.24. The van der Waals surface area contributed by atoms with Crippen molar-refractivity contribution in [2.24, 2.45) is 18.0 Å². The van der Waals surface area contributed by atoms with Gasteiger partial charge in [0.05, 0.1) is 11.3 Å². The first-order valence-corrected chi connectivity index (χ1v) is 12.7. The second-order valence-electron chi connectivity index (χ2n) is 9.02. The Bertz CT molecular complexity index is 1190. The molecule has 5 nitrogen and oxygen atoms in total. The minimum absolute atomic E-state index is 0.0441. The van der Waals surface area contributed by atoms with Crippen LogP contribution in [0.5, 0.6) is 0 Å². The van der Waals surface area contributed by atoms with Crippen molar-refractivity contribution in [1.82, 2.24) is 4.57 Å². The zero-order chi connectivity index (χ0) is 26.1. The maximum Gasteiger partial charge on any atom is 0.197 e. The fourth-order valence-electron chi connectivity index (χ4n) is 3.96. The number of rotatable bonds is 12. The van der Waals surface area contributed by atoms with Gasteiger partial charge in [-0.3, -0.25) is 9.59 Å². The predicted octanol–water partition coefficient (Wildman–Crippen LogP) is 7.55. The van der Waals surface area contributed by atoms with E-state index >= 15 is 0 Å². The third-order valence-electron chi connectivity index (χ3n) is 6.51. The molecule has 5 heteroatoms. The Balaban J connectivity index is 2.56. The van der Waals surface area contributed by atoms with Crippen molar-refractivity contribution in [3.8, 4) is 0 Å². The van der Waals surface area contributed by atoms with Crippen molar-refractivity contribution < 1.29 is 9.59 Å². The molecule has 35 heavy (non-hydrogen) atoms. The van der Waals surface area contributed by atoms with Gasteiger partial charge >= 0.3 is 0 Å². The van der Waals surface area contributed by atoms with Crippen molar-refractivity contribution in [3.05, 3.63) is 65.2 Å². The van der Waals surface area contributed by atoms with Crippen LogP contribution in [0.25, 0.3) is 10.9 Å². The number of fused-ring (bicyclic) bond motifs is 1. The Morgan fingerprint density at radius 3 is 2.34 bits per heavy atom. The zero-order valence-corrected chi connectivity index (χ0v) is 22.7. The highest BCUT2D eigenvalue weighted by Crippen LogP contribution is 2.25. The van der Waals surface area contributed by atoms with Crippen molar-refractivity contribution in [3.63, 3.8) is 0 Å². The Hall–Kier alpha value is -3.21. The first-order chi connectivity index (χ1) is 16.7. The molecular formula is C30H41N3O2. The van der Waals surface area contributed by atoms with Gasteiger partial charge in [-0.2, -0.15) is 0 Å². The van der Waals surface area contributed by atoms with Crippen molar-refractivity contribution in [1.29, 1.82) is 0 Å². The first kappa shape index (κ1) is 28.0. The lowest BCUT2D eigenvalue weighted by molar-refractivity contribution is -0.119. The number of benzene rings is 1. The quantitative estimate of drug-likeness (QED) is 0.149. The SMILES string of the molecule is C/C=C(/C(=O)CCC)C(=O)C(=C/C)/C(=N\C(Nc1ccc2c(ccn2C)c1)=C(/C)CC)C(C)CC. The Morgan fingerprint density at radius 1 is 1.09 bits per heavy atom. The Labute approximate surface area is 210 Å². The number of carbonyl (C=O) groups excluding carboxylic acids is 2. The molecule has 1 atom stereocenters. The number of ketones is 2. The number of aromatic nitrogens is 1. The van der Waals surface area contributed by atoms with E-state index in [-0.39, 0.29) is 23.1 Å². The van der Waals surface area contributed by atoms with E-state index in [9.17, 15) is 9.59 Å². The van der Waals surface area contributed by atoms with Crippen molar-refractivity contribution in [2.75, 3.05) is 5.32 Å². The van der Waals surface area contributed by atoms with E-state index in [2.05, 4.69) is 55.8 Å². The standard InChI is InChI=1S/C30H41N3O2/c1-9-14-27(34)24(12-4)29(35)25(13-5)28(20(6)10-2)32-30(21(7)11-3)31-23-15-16-26-22(19-23)17-18-33(26)8/h12-13,15-20,31H,9-11,14H2,1-8H3/b24-12-,25-13+,30-21+,32-28-. The highest BCUT2D eigenvalue weighted by Gasteiger charge is 2.26. The monoisotopic (exact) mass is 475 g/mol. The second kappa shape index (κ2) is 13.0. The lowest BCUT2D eigenvalue weighted by atomic mass is 9.88. The van der Waals surface area contributed by atoms with Gasteiger partial charge in [-0.15, -0.1) is 0 Å². The van der Waals surface area contributed by atoms with Crippen LogP contribution in [-0.2, 0) is 16.6 Å². The largest absolute Gasteiger partial charge is 0.351 e. The molecule has 2 aromatic rings. The van der Waals surface area contributed by atoms with Crippen LogP contribution in [0.4, 0.5) is 5.69 Å². The summed E-state index contributed by atoms with van der Waals surface area (Å²) in [5.41, 5.74) is 4.65. The summed E-state index contributed by atoms with van der Waals surface area (Å²) in [4.78, 5) is 31.2. The third-order valence-corrected chi connectivity index (χ3v) is 6.51. The van der Waals surface area contributed by atoms with Crippen LogP contribution in [0.1, 0.15) is 74.1 Å². The number of Topliss-reactive ketones (excluding diaryl/α,β-unsaturated/α-hetero) is 2. The molecule has 2 rings (SSSR count). The minimum Gasteiger partial charge on any atom is -0.351 e. The molecule has 0 saturated heterocycles. The molecule has 0 saturated carbocycles. The Kier molecular flexibility index (Phi) is 10.4. The van der Waals surface area contributed by atoms with Gasteiger partial charge in [0.2, 0.25) is 0 Å². The number of nitrogens with one attached hydrogen (secondary N) is 1. The number of aryl methyl sites for hydroxylation is 1. The lowest BCUT2D eigenvalue weighted by Gasteiger charge is -2.19. The summed E-state index contributed by atoms with van der Waals surface area (Å²) < 4.78 is 2.09. The topological polar surface area (TPSA) is 63.5 Å². The molecule has 0 amide bonds. The van der Waals surface area contributed by atoms with Gasteiger partial charge in [0.1, 0.15) is 5.82 Å². The number of hydrogen-bond donors (Lipinski definition) is 1. The van der Waals surface area contributed by atoms with E-state index in [0.29, 0.717) is 24.1 Å². The molecule has 0 aliphatic heterocycles. The molecule has 0 aliphatic carbocycles. The van der Waals surface area contributed by atoms with Crippen LogP contribution >= 0.6 is 0 Å². The molecule has 1 heterocycles. The molecule has 1 N–H and O–H groups in total. The van der Waals surface area contributed by atoms with E-state index in [1.807, 2.05) is 33.2 Å². The summed E-state index contributed by atoms with van der Waals surface area (Å²) in [5, 5.41) is 4.65. The minimum atomic E-state index is -0.244. The number of allylic oxidation sites excluding steroid dienone is 5. The molecule has 1 aromatic carbocycles. The van der Waals surface area contributed by atoms with Gasteiger partial charge in [0.15, 0.2) is 11.6 Å². The average Bonchev–Trinajstić information content (AvgIpc) is 3.22. The molecule has 188 valence electrons. The molecule has 0 radical (unpaired) electrons. The summed E-state index contributed by atoms with van der Waals surface area (Å²) in [5.74, 6) is 0.430. The second-order valence-corrected chi connectivity index (χ2v) is 9.02. The number of anilines is 1. The van der Waals surface area contributed by atoms with Crippen LogP contribution in [0.2, 0.25) is 0 Å². The van der Waals surface area contributed by atoms with E-state index in [1.54, 1.807) is 19.1 Å². The normalized spacial score (nSPS) is 14.7. The molecule has 0 spiro atoms. The highest BCUT2D eigenvalue weighted by molar-refractivity contribution is 6.36. The summed E-state index contributed by atoms with van der Waals surface area (Å²) in [6.45, 7) is 13.9. The van der Waals surface area contributed by atoms with Gasteiger partial charge in [0, 0.05) is 41.8 Å². The summed E-state index contributed by atoms with van der Waals surface area (Å²) in [6.07, 6.45) is 8.20. The number of hydrogen-bond acceptors (Lipinski definition) is 4. The Morgan fingerprint density at radius 2 is 1.77 bits per heavy atom. The van der Waals surface area contributed by atoms with Crippen LogP contribution in [-0.4, -0.2) is 21.8 Å². The molecule has 0 aliphatic rings. The highest BCUT2D eigenvalue weighted by atomic mass is 16.1. The van der Waals surface area contributed by atoms with Crippen molar-refractivity contribution in [2.45, 2.75) is 74.1 Å². The summed E-state index contributed by atoms with van der Waals surface area (Å²) >= 11 is 0. The van der Waals surface area contributed by atoms with Gasteiger partial charge < -0.3 is 9.88 Å². The van der Waals surface area contributed by atoms with Gasteiger partial charge in [-0.25, -0.2) is 4.99 Å². The van der Waals surface area contributed by atoms with Crippen LogP contribution in [0, 0.1) is 5.92 Å². The van der Waals surface area contributed by atoms with Crippen LogP contribution < -0.4 is 5.32 Å². The number of carbonyl (C=O) groups is 2. The first-order valence-electron chi connectivity index (χ1n) is 12.7. The molecule has 0 bridgehead atoms. The molecular weight excluding hydrogens is 434 g/mol. The average molecular weight is 476 g/mol. The van der Waals surface area contributed by atoms with E-state index < -0.39 is 0 Å². The third kappa shape index (κ3) is 6.68. The zero-order valence-electron chi connectivity index (χ0n) is 22.7. The maximum atomic E-state index is 13.5. The smallest absolute Gasteiger partial charge is 0.197 e. The molecule has 1 unspecified atom stereocenters. The fraction of sp³-hybridized carbons (Fsp3) is 0.433.